The molecule has 0 bridgehead atoms. The van der Waals surface area contributed by atoms with Crippen molar-refractivity contribution in [1.82, 2.24) is 16.2 Å². The minimum Gasteiger partial charge on any atom is -0.493 e. The van der Waals surface area contributed by atoms with Gasteiger partial charge in [0.25, 0.3) is 11.8 Å². The molecule has 0 aliphatic heterocycles. The maximum atomic E-state index is 12.2. The number of nitrogens with one attached hydrogen (secondary N) is 3. The van der Waals surface area contributed by atoms with Crippen LogP contribution >= 0.6 is 39.7 Å². The van der Waals surface area contributed by atoms with E-state index in [9.17, 15) is 9.59 Å². The fourth-order valence-electron chi connectivity index (χ4n) is 2.20. The second-order valence-corrected chi connectivity index (χ2v) is 7.43. The highest BCUT2D eigenvalue weighted by Crippen LogP contribution is 2.26. The number of hydrazine groups is 1. The van der Waals surface area contributed by atoms with Crippen LogP contribution in [-0.4, -0.2) is 30.1 Å². The van der Waals surface area contributed by atoms with Crippen molar-refractivity contribution in [3.05, 3.63) is 57.0 Å². The molecule has 154 valence electrons. The molecule has 7 nitrogen and oxygen atoms in total. The van der Waals surface area contributed by atoms with E-state index in [0.29, 0.717) is 33.2 Å². The Balaban J connectivity index is 1.79. The predicted octanol–water partition coefficient (Wildman–Crippen LogP) is 3.52. The lowest BCUT2D eigenvalue weighted by molar-refractivity contribution is -0.123. The van der Waals surface area contributed by atoms with Crippen LogP contribution < -0.4 is 25.6 Å². The molecule has 29 heavy (non-hydrogen) atoms. The quantitative estimate of drug-likeness (QED) is 0.415. The van der Waals surface area contributed by atoms with Gasteiger partial charge in [-0.25, -0.2) is 0 Å². The Labute approximate surface area is 187 Å². The van der Waals surface area contributed by atoms with Crippen molar-refractivity contribution in [3.63, 3.8) is 0 Å². The second kappa shape index (κ2) is 11.0. The summed E-state index contributed by atoms with van der Waals surface area (Å²) in [5, 5.41) is 2.99. The zero-order valence-electron chi connectivity index (χ0n) is 15.7. The highest BCUT2D eigenvalue weighted by Gasteiger charge is 2.12. The van der Waals surface area contributed by atoms with Gasteiger partial charge in [-0.05, 0) is 84.0 Å². The van der Waals surface area contributed by atoms with Gasteiger partial charge in [0.05, 0.1) is 11.1 Å². The number of benzene rings is 2. The van der Waals surface area contributed by atoms with Gasteiger partial charge in [-0.2, -0.15) is 0 Å². The van der Waals surface area contributed by atoms with E-state index in [4.69, 9.17) is 33.3 Å². The molecule has 0 spiro atoms. The number of amides is 2. The zero-order chi connectivity index (χ0) is 21.4. The topological polar surface area (TPSA) is 88.7 Å². The average molecular weight is 501 g/mol. The van der Waals surface area contributed by atoms with Gasteiger partial charge >= 0.3 is 0 Å². The van der Waals surface area contributed by atoms with Crippen molar-refractivity contribution in [2.45, 2.75) is 13.8 Å². The molecule has 0 aliphatic rings. The van der Waals surface area contributed by atoms with E-state index in [-0.39, 0.29) is 11.7 Å². The number of rotatable bonds is 6. The smallest absolute Gasteiger partial charge is 0.276 e. The average Bonchev–Trinajstić information content (AvgIpc) is 2.67. The predicted molar refractivity (Wildman–Crippen MR) is 118 cm³/mol. The van der Waals surface area contributed by atoms with Gasteiger partial charge in [-0.3, -0.25) is 25.8 Å². The molecule has 0 fully saturated rings. The number of carbonyl (C=O) groups excluding carboxylic acids is 2. The molecule has 2 aromatic rings. The lowest BCUT2D eigenvalue weighted by atomic mass is 10.2. The molecule has 3 N–H and O–H groups in total. The first-order chi connectivity index (χ1) is 13.8. The van der Waals surface area contributed by atoms with Crippen LogP contribution in [0.5, 0.6) is 11.5 Å². The minimum absolute atomic E-state index is 0.0592. The van der Waals surface area contributed by atoms with Crippen LogP contribution in [0.15, 0.2) is 40.9 Å². The molecule has 2 rings (SSSR count). The first kappa shape index (κ1) is 22.9. The van der Waals surface area contributed by atoms with Gasteiger partial charge < -0.3 is 9.47 Å². The summed E-state index contributed by atoms with van der Waals surface area (Å²) >= 11 is 14.2. The molecule has 0 radical (unpaired) electrons. The van der Waals surface area contributed by atoms with Gasteiger partial charge in [0.2, 0.25) is 0 Å². The first-order valence-electron chi connectivity index (χ1n) is 8.51. The Morgan fingerprint density at radius 3 is 2.48 bits per heavy atom. The monoisotopic (exact) mass is 499 g/mol. The standard InChI is InChI=1S/C19H19BrClN3O4S/c1-3-27-16-6-4-12(9-14(16)20)18(26)22-19(29)24-23-17(25)10-28-15-7-5-13(21)8-11(15)2/h4-9H,3,10H2,1-2H3,(H,23,25)(H2,22,24,26,29). The van der Waals surface area contributed by atoms with E-state index >= 15 is 0 Å². The fourth-order valence-corrected chi connectivity index (χ4v) is 3.07. The highest BCUT2D eigenvalue weighted by molar-refractivity contribution is 9.10. The second-order valence-electron chi connectivity index (χ2n) is 5.73. The minimum atomic E-state index is -0.472. The van der Waals surface area contributed by atoms with Crippen LogP contribution in [0.1, 0.15) is 22.8 Å². The normalized spacial score (nSPS) is 10.1. The fraction of sp³-hybridized carbons (Fsp3) is 0.211. The molecule has 0 saturated heterocycles. The molecule has 0 heterocycles. The molecule has 0 unspecified atom stereocenters. The van der Waals surface area contributed by atoms with Crippen LogP contribution in [0.3, 0.4) is 0 Å². The Hall–Kier alpha value is -2.36. The van der Waals surface area contributed by atoms with Crippen molar-refractivity contribution < 1.29 is 19.1 Å². The van der Waals surface area contributed by atoms with Crippen molar-refractivity contribution in [2.24, 2.45) is 0 Å². The van der Waals surface area contributed by atoms with Crippen molar-refractivity contribution in [3.8, 4) is 11.5 Å². The summed E-state index contributed by atoms with van der Waals surface area (Å²) in [4.78, 5) is 24.1. The van der Waals surface area contributed by atoms with E-state index in [2.05, 4.69) is 32.1 Å². The van der Waals surface area contributed by atoms with Gasteiger partial charge in [-0.15, -0.1) is 0 Å². The van der Waals surface area contributed by atoms with Crippen LogP contribution in [0, 0.1) is 6.92 Å². The maximum absolute atomic E-state index is 12.2. The summed E-state index contributed by atoms with van der Waals surface area (Å²) in [5.74, 6) is 0.266. The molecule has 0 atom stereocenters. The first-order valence-corrected chi connectivity index (χ1v) is 10.1. The van der Waals surface area contributed by atoms with E-state index in [0.717, 1.165) is 5.56 Å². The van der Waals surface area contributed by atoms with E-state index in [1.807, 2.05) is 13.8 Å². The lowest BCUT2D eigenvalue weighted by Crippen LogP contribution is -2.49. The summed E-state index contributed by atoms with van der Waals surface area (Å²) in [6, 6.07) is 9.98. The molecule has 2 aromatic carbocycles. The maximum Gasteiger partial charge on any atom is 0.276 e. The summed E-state index contributed by atoms with van der Waals surface area (Å²) in [6.45, 7) is 3.96. The third-order valence-corrected chi connectivity index (χ3v) is 4.59. The van der Waals surface area contributed by atoms with Gasteiger partial charge in [-0.1, -0.05) is 11.6 Å². The molecule has 0 aliphatic carbocycles. The van der Waals surface area contributed by atoms with E-state index < -0.39 is 11.8 Å². The van der Waals surface area contributed by atoms with Crippen LogP contribution in [0.25, 0.3) is 0 Å². The Morgan fingerprint density at radius 1 is 1.10 bits per heavy atom. The number of thiocarbonyl (C=S) groups is 1. The molecular weight excluding hydrogens is 482 g/mol. The van der Waals surface area contributed by atoms with Crippen molar-refractivity contribution in [1.29, 1.82) is 0 Å². The Kier molecular flexibility index (Phi) is 8.69. The number of hydrogen-bond acceptors (Lipinski definition) is 5. The van der Waals surface area contributed by atoms with Gasteiger partial charge in [0.15, 0.2) is 11.7 Å². The Morgan fingerprint density at radius 2 is 1.83 bits per heavy atom. The summed E-state index contributed by atoms with van der Waals surface area (Å²) in [5.41, 5.74) is 5.98. The number of hydrogen-bond donors (Lipinski definition) is 3. The van der Waals surface area contributed by atoms with Crippen molar-refractivity contribution in [2.75, 3.05) is 13.2 Å². The molecule has 10 heteroatoms. The molecular formula is C19H19BrClN3O4S. The van der Waals surface area contributed by atoms with E-state index in [1.165, 1.54) is 0 Å². The number of aryl methyl sites for hydroxylation is 1. The van der Waals surface area contributed by atoms with Crippen LogP contribution in [0.4, 0.5) is 0 Å². The van der Waals surface area contributed by atoms with E-state index in [1.54, 1.807) is 36.4 Å². The number of carbonyl (C=O) groups is 2. The third-order valence-electron chi connectivity index (χ3n) is 3.53. The van der Waals surface area contributed by atoms with Crippen molar-refractivity contribution >= 4 is 56.7 Å². The molecule has 0 aromatic heterocycles. The molecule has 0 saturated carbocycles. The summed E-state index contributed by atoms with van der Waals surface area (Å²) in [6.07, 6.45) is 0. The highest BCUT2D eigenvalue weighted by atomic mass is 79.9. The SMILES string of the molecule is CCOc1ccc(C(=O)NC(=S)NNC(=O)COc2ccc(Cl)cc2C)cc1Br. The zero-order valence-corrected chi connectivity index (χ0v) is 18.8. The Bertz CT molecular complexity index is 926. The van der Waals surface area contributed by atoms with Gasteiger partial charge in [0, 0.05) is 10.6 Å². The largest absolute Gasteiger partial charge is 0.493 e. The van der Waals surface area contributed by atoms with Crippen LogP contribution in [0.2, 0.25) is 5.02 Å². The number of halogens is 2. The van der Waals surface area contributed by atoms with Crippen LogP contribution in [-0.2, 0) is 4.79 Å². The van der Waals surface area contributed by atoms with Gasteiger partial charge in [0.1, 0.15) is 11.5 Å². The molecule has 2 amide bonds. The number of ether oxygens (including phenoxy) is 2. The summed E-state index contributed by atoms with van der Waals surface area (Å²) in [7, 11) is 0. The summed E-state index contributed by atoms with van der Waals surface area (Å²) < 4.78 is 11.5. The third kappa shape index (κ3) is 7.19. The lowest BCUT2D eigenvalue weighted by Gasteiger charge is -2.13.